The van der Waals surface area contributed by atoms with Crippen molar-refractivity contribution in [2.45, 2.75) is 33.6 Å². The monoisotopic (exact) mass is 332 g/mol. The molecule has 0 saturated heterocycles. The van der Waals surface area contributed by atoms with Gasteiger partial charge in [-0.3, -0.25) is 4.40 Å². The fourth-order valence-electron chi connectivity index (χ4n) is 3.24. The number of hydrogen-bond acceptors (Lipinski definition) is 3. The normalized spacial score (nSPS) is 11.2. The smallest absolute Gasteiger partial charge is 0.157 e. The average molecular weight is 332 g/mol. The number of para-hydroxylation sites is 2. The summed E-state index contributed by atoms with van der Waals surface area (Å²) in [4.78, 5) is 4.73. The van der Waals surface area contributed by atoms with Crippen LogP contribution >= 0.6 is 0 Å². The maximum atomic E-state index is 9.72. The third-order valence-corrected chi connectivity index (χ3v) is 4.60. The van der Waals surface area contributed by atoms with E-state index in [4.69, 9.17) is 4.98 Å². The first-order valence-electron chi connectivity index (χ1n) is 8.76. The van der Waals surface area contributed by atoms with E-state index in [-0.39, 0.29) is 0 Å². The Balaban J connectivity index is 2.33. The van der Waals surface area contributed by atoms with E-state index in [9.17, 15) is 5.26 Å². The van der Waals surface area contributed by atoms with E-state index >= 15 is 0 Å². The minimum absolute atomic E-state index is 0.629. The highest BCUT2D eigenvalue weighted by Gasteiger charge is 2.19. The first-order chi connectivity index (χ1) is 12.1. The lowest BCUT2D eigenvalue weighted by molar-refractivity contribution is 0.606. The second-order valence-electron chi connectivity index (χ2n) is 6.80. The number of hydrogen-bond donors (Lipinski definition) is 1. The van der Waals surface area contributed by atoms with Gasteiger partial charge in [0.25, 0.3) is 0 Å². The summed E-state index contributed by atoms with van der Waals surface area (Å²) in [6.45, 7) is 11.2. The van der Waals surface area contributed by atoms with Gasteiger partial charge in [-0.15, -0.1) is 6.58 Å². The van der Waals surface area contributed by atoms with Crippen molar-refractivity contribution in [3.63, 3.8) is 0 Å². The van der Waals surface area contributed by atoms with Crippen molar-refractivity contribution in [2.75, 3.05) is 11.9 Å². The van der Waals surface area contributed by atoms with Gasteiger partial charge in [-0.05, 0) is 43.4 Å². The Labute approximate surface area is 148 Å². The molecule has 0 aliphatic heterocycles. The summed E-state index contributed by atoms with van der Waals surface area (Å²) in [5.41, 5.74) is 5.39. The zero-order valence-electron chi connectivity index (χ0n) is 15.1. The molecule has 0 fully saturated rings. The first-order valence-corrected chi connectivity index (χ1v) is 8.76. The van der Waals surface area contributed by atoms with Crippen LogP contribution < -0.4 is 5.32 Å². The lowest BCUT2D eigenvalue weighted by Crippen LogP contribution is -2.13. The summed E-state index contributed by atoms with van der Waals surface area (Å²) in [6, 6.07) is 10.4. The Kier molecular flexibility index (Phi) is 4.76. The molecule has 0 amide bonds. The summed E-state index contributed by atoms with van der Waals surface area (Å²) >= 11 is 0. The molecule has 25 heavy (non-hydrogen) atoms. The quantitative estimate of drug-likeness (QED) is 0.656. The molecule has 0 unspecified atom stereocenters. The lowest BCUT2D eigenvalue weighted by atomic mass is 10.0. The van der Waals surface area contributed by atoms with Crippen molar-refractivity contribution in [1.82, 2.24) is 9.38 Å². The van der Waals surface area contributed by atoms with Crippen molar-refractivity contribution >= 4 is 22.5 Å². The molecule has 0 spiro atoms. The number of anilines is 1. The molecule has 3 aromatic rings. The highest BCUT2D eigenvalue weighted by molar-refractivity contribution is 5.86. The van der Waals surface area contributed by atoms with Gasteiger partial charge in [0.2, 0.25) is 0 Å². The molecule has 0 atom stereocenters. The van der Waals surface area contributed by atoms with Gasteiger partial charge in [0.1, 0.15) is 11.9 Å². The Hall–Kier alpha value is -2.80. The molecule has 0 radical (unpaired) electrons. The second kappa shape index (κ2) is 6.98. The van der Waals surface area contributed by atoms with Crippen LogP contribution in [0.2, 0.25) is 0 Å². The SMILES string of the molecule is C=CCc1c(C)c(C#N)c2nc3ccccc3n2c1NCCC(C)C. The van der Waals surface area contributed by atoms with Crippen LogP contribution in [0.3, 0.4) is 0 Å². The molecule has 0 aliphatic rings. The fraction of sp³-hybridized carbons (Fsp3) is 0.333. The number of aromatic nitrogens is 2. The maximum Gasteiger partial charge on any atom is 0.157 e. The number of imidazole rings is 1. The number of pyridine rings is 1. The van der Waals surface area contributed by atoms with Gasteiger partial charge < -0.3 is 5.32 Å². The van der Waals surface area contributed by atoms with Gasteiger partial charge in [-0.25, -0.2) is 4.98 Å². The largest absolute Gasteiger partial charge is 0.371 e. The second-order valence-corrected chi connectivity index (χ2v) is 6.80. The zero-order valence-corrected chi connectivity index (χ0v) is 15.1. The van der Waals surface area contributed by atoms with E-state index in [0.717, 1.165) is 46.6 Å². The number of allylic oxidation sites excluding steroid dienone is 1. The number of nitrogens with one attached hydrogen (secondary N) is 1. The molecule has 128 valence electrons. The van der Waals surface area contributed by atoms with Gasteiger partial charge in [0.05, 0.1) is 16.6 Å². The Morgan fingerprint density at radius 3 is 2.80 bits per heavy atom. The molecule has 2 aromatic heterocycles. The molecule has 4 heteroatoms. The van der Waals surface area contributed by atoms with Crippen LogP contribution in [0.25, 0.3) is 16.7 Å². The molecule has 1 N–H and O–H groups in total. The summed E-state index contributed by atoms with van der Waals surface area (Å²) < 4.78 is 2.10. The van der Waals surface area contributed by atoms with Crippen LogP contribution in [0.5, 0.6) is 0 Å². The molecule has 3 rings (SSSR count). The molecular formula is C21H24N4. The van der Waals surface area contributed by atoms with E-state index < -0.39 is 0 Å². The minimum Gasteiger partial charge on any atom is -0.371 e. The van der Waals surface area contributed by atoms with Crippen LogP contribution in [0.15, 0.2) is 36.9 Å². The van der Waals surface area contributed by atoms with Crippen molar-refractivity contribution < 1.29 is 0 Å². The average Bonchev–Trinajstić information content (AvgIpc) is 2.96. The summed E-state index contributed by atoms with van der Waals surface area (Å²) in [5.74, 6) is 1.66. The van der Waals surface area contributed by atoms with E-state index in [1.807, 2.05) is 31.2 Å². The van der Waals surface area contributed by atoms with Crippen molar-refractivity contribution in [3.8, 4) is 6.07 Å². The van der Waals surface area contributed by atoms with Crippen molar-refractivity contribution in [3.05, 3.63) is 53.6 Å². The highest BCUT2D eigenvalue weighted by Crippen LogP contribution is 2.31. The van der Waals surface area contributed by atoms with Crippen LogP contribution in [0.1, 0.15) is 37.0 Å². The van der Waals surface area contributed by atoms with E-state index in [1.54, 1.807) is 0 Å². The Morgan fingerprint density at radius 2 is 2.12 bits per heavy atom. The fourth-order valence-corrected chi connectivity index (χ4v) is 3.24. The van der Waals surface area contributed by atoms with Crippen LogP contribution in [0.4, 0.5) is 5.82 Å². The minimum atomic E-state index is 0.629. The van der Waals surface area contributed by atoms with E-state index in [0.29, 0.717) is 17.9 Å². The summed E-state index contributed by atoms with van der Waals surface area (Å²) in [5, 5.41) is 13.3. The number of nitrogens with zero attached hydrogens (tertiary/aromatic N) is 3. The summed E-state index contributed by atoms with van der Waals surface area (Å²) in [7, 11) is 0. The standard InChI is InChI=1S/C21H24N4/c1-5-8-16-15(4)17(13-22)21-24-18-9-6-7-10-19(18)25(21)20(16)23-12-11-14(2)3/h5-7,9-10,14,23H,1,8,11-12H2,2-4H3. The highest BCUT2D eigenvalue weighted by atomic mass is 15.1. The Morgan fingerprint density at radius 1 is 1.36 bits per heavy atom. The van der Waals surface area contributed by atoms with Gasteiger partial charge in [-0.2, -0.15) is 5.26 Å². The van der Waals surface area contributed by atoms with Crippen molar-refractivity contribution in [1.29, 1.82) is 5.26 Å². The summed E-state index contributed by atoms with van der Waals surface area (Å²) in [6.07, 6.45) is 3.69. The van der Waals surface area contributed by atoms with Gasteiger partial charge >= 0.3 is 0 Å². The van der Waals surface area contributed by atoms with Crippen LogP contribution in [-0.4, -0.2) is 15.9 Å². The van der Waals surface area contributed by atoms with Gasteiger partial charge in [-0.1, -0.05) is 32.1 Å². The van der Waals surface area contributed by atoms with E-state index in [2.05, 4.69) is 42.3 Å². The van der Waals surface area contributed by atoms with E-state index in [1.165, 1.54) is 0 Å². The molecule has 4 nitrogen and oxygen atoms in total. The first kappa shape index (κ1) is 17.0. The van der Waals surface area contributed by atoms with Crippen molar-refractivity contribution in [2.24, 2.45) is 5.92 Å². The third kappa shape index (κ3) is 2.98. The predicted octanol–water partition coefficient (Wildman–Crippen LogP) is 4.85. The number of fused-ring (bicyclic) bond motifs is 3. The molecule has 0 bridgehead atoms. The van der Waals surface area contributed by atoms with Gasteiger partial charge in [0.15, 0.2) is 5.65 Å². The topological polar surface area (TPSA) is 53.1 Å². The van der Waals surface area contributed by atoms with Crippen LogP contribution in [0, 0.1) is 24.2 Å². The maximum absolute atomic E-state index is 9.72. The molecule has 0 saturated carbocycles. The zero-order chi connectivity index (χ0) is 18.0. The lowest BCUT2D eigenvalue weighted by Gasteiger charge is -2.18. The Bertz CT molecular complexity index is 973. The number of benzene rings is 1. The predicted molar refractivity (Wildman–Crippen MR) is 104 cm³/mol. The number of rotatable bonds is 6. The van der Waals surface area contributed by atoms with Gasteiger partial charge in [0, 0.05) is 12.1 Å². The molecule has 2 heterocycles. The van der Waals surface area contributed by atoms with Crippen LogP contribution in [-0.2, 0) is 6.42 Å². The molecule has 1 aromatic carbocycles. The third-order valence-electron chi connectivity index (χ3n) is 4.60. The molecular weight excluding hydrogens is 308 g/mol. The molecule has 0 aliphatic carbocycles. The number of nitriles is 1.